The van der Waals surface area contributed by atoms with E-state index in [0.29, 0.717) is 6.04 Å². The minimum Gasteiger partial charge on any atom is -0.356 e. The molecule has 4 nitrogen and oxygen atoms in total. The molecular weight excluding hydrogens is 363 g/mol. The van der Waals surface area contributed by atoms with Crippen molar-refractivity contribution >= 4 is 29.9 Å². The van der Waals surface area contributed by atoms with Crippen molar-refractivity contribution < 1.29 is 0 Å². The van der Waals surface area contributed by atoms with E-state index in [0.717, 1.165) is 24.5 Å². The molecule has 3 atom stereocenters. The van der Waals surface area contributed by atoms with Gasteiger partial charge in [-0.25, -0.2) is 0 Å². The van der Waals surface area contributed by atoms with Gasteiger partial charge in [0, 0.05) is 32.2 Å². The van der Waals surface area contributed by atoms with Gasteiger partial charge in [-0.3, -0.25) is 4.99 Å². The fraction of sp³-hybridized carbons (Fsp3) is 0.933. The Morgan fingerprint density at radius 1 is 1.30 bits per heavy atom. The van der Waals surface area contributed by atoms with Crippen LogP contribution in [0.2, 0.25) is 0 Å². The van der Waals surface area contributed by atoms with E-state index >= 15 is 0 Å². The minimum atomic E-state index is 0. The van der Waals surface area contributed by atoms with Crippen LogP contribution in [-0.4, -0.2) is 49.6 Å². The van der Waals surface area contributed by atoms with Crippen LogP contribution in [0.15, 0.2) is 4.99 Å². The Morgan fingerprint density at radius 3 is 2.65 bits per heavy atom. The van der Waals surface area contributed by atoms with E-state index in [1.54, 1.807) is 0 Å². The fourth-order valence-corrected chi connectivity index (χ4v) is 2.87. The quantitative estimate of drug-likeness (QED) is 0.326. The molecule has 1 saturated heterocycles. The van der Waals surface area contributed by atoms with Crippen molar-refractivity contribution in [2.45, 2.75) is 58.0 Å². The summed E-state index contributed by atoms with van der Waals surface area (Å²) in [7, 11) is 1.86. The number of nitrogens with one attached hydrogen (secondary N) is 2. The zero-order valence-corrected chi connectivity index (χ0v) is 15.5. The Kier molecular flexibility index (Phi) is 8.17. The number of nitrogens with zero attached hydrogens (tertiary/aromatic N) is 2. The number of halogens is 1. The number of hydrogen-bond donors (Lipinski definition) is 2. The normalized spacial score (nSPS) is 30.6. The van der Waals surface area contributed by atoms with Gasteiger partial charge in [0.05, 0.1) is 0 Å². The molecule has 0 aromatic rings. The number of hydrogen-bond acceptors (Lipinski definition) is 2. The number of likely N-dealkylation sites (tertiary alicyclic amines) is 1. The van der Waals surface area contributed by atoms with Gasteiger partial charge in [-0.05, 0) is 45.1 Å². The Morgan fingerprint density at radius 2 is 2.05 bits per heavy atom. The topological polar surface area (TPSA) is 39.7 Å². The molecule has 20 heavy (non-hydrogen) atoms. The van der Waals surface area contributed by atoms with E-state index in [4.69, 9.17) is 0 Å². The Labute approximate surface area is 141 Å². The molecular formula is C15H31IN4. The van der Waals surface area contributed by atoms with Crippen LogP contribution < -0.4 is 10.6 Å². The fourth-order valence-electron chi connectivity index (χ4n) is 2.87. The van der Waals surface area contributed by atoms with Crippen LogP contribution in [0.25, 0.3) is 0 Å². The van der Waals surface area contributed by atoms with Gasteiger partial charge in [-0.15, -0.1) is 24.0 Å². The predicted octanol–water partition coefficient (Wildman–Crippen LogP) is 2.44. The zero-order chi connectivity index (χ0) is 13.7. The third kappa shape index (κ3) is 5.76. The molecule has 1 saturated carbocycles. The Hall–Kier alpha value is -0.0400. The van der Waals surface area contributed by atoms with Gasteiger partial charge in [0.1, 0.15) is 0 Å². The molecule has 0 radical (unpaired) electrons. The first kappa shape index (κ1) is 18.0. The highest BCUT2D eigenvalue weighted by Gasteiger charge is 2.33. The Bertz CT molecular complexity index is 308. The monoisotopic (exact) mass is 394 g/mol. The van der Waals surface area contributed by atoms with Crippen molar-refractivity contribution in [1.82, 2.24) is 15.5 Å². The first-order valence-electron chi connectivity index (χ1n) is 7.92. The minimum absolute atomic E-state index is 0. The second-order valence-corrected chi connectivity index (χ2v) is 6.20. The summed E-state index contributed by atoms with van der Waals surface area (Å²) in [5.74, 6) is 1.79. The van der Waals surface area contributed by atoms with Gasteiger partial charge in [-0.2, -0.15) is 0 Å². The van der Waals surface area contributed by atoms with E-state index in [-0.39, 0.29) is 24.0 Å². The molecule has 1 aliphatic heterocycles. The summed E-state index contributed by atoms with van der Waals surface area (Å²) in [5.41, 5.74) is 0. The largest absolute Gasteiger partial charge is 0.356 e. The lowest BCUT2D eigenvalue weighted by Gasteiger charge is -2.33. The molecule has 1 aliphatic carbocycles. The summed E-state index contributed by atoms with van der Waals surface area (Å²) >= 11 is 0. The van der Waals surface area contributed by atoms with Crippen molar-refractivity contribution in [3.63, 3.8) is 0 Å². The second-order valence-electron chi connectivity index (χ2n) is 6.20. The summed E-state index contributed by atoms with van der Waals surface area (Å²) in [4.78, 5) is 6.91. The molecule has 118 valence electrons. The van der Waals surface area contributed by atoms with Gasteiger partial charge in [0.2, 0.25) is 0 Å². The van der Waals surface area contributed by atoms with Gasteiger partial charge in [0.25, 0.3) is 0 Å². The predicted molar refractivity (Wildman–Crippen MR) is 97.0 cm³/mol. The highest BCUT2D eigenvalue weighted by molar-refractivity contribution is 14.0. The van der Waals surface area contributed by atoms with E-state index in [9.17, 15) is 0 Å². The smallest absolute Gasteiger partial charge is 0.191 e. The van der Waals surface area contributed by atoms with Crippen LogP contribution in [0.5, 0.6) is 0 Å². The van der Waals surface area contributed by atoms with Crippen molar-refractivity contribution in [1.29, 1.82) is 0 Å². The summed E-state index contributed by atoms with van der Waals surface area (Å²) in [5, 5.41) is 6.89. The molecule has 2 aliphatic rings. The third-order valence-corrected chi connectivity index (χ3v) is 4.51. The maximum absolute atomic E-state index is 4.28. The number of rotatable bonds is 5. The maximum Gasteiger partial charge on any atom is 0.191 e. The van der Waals surface area contributed by atoms with E-state index in [1.165, 1.54) is 45.2 Å². The molecule has 2 rings (SSSR count). The Balaban J connectivity index is 0.00000200. The van der Waals surface area contributed by atoms with Crippen molar-refractivity contribution in [3.05, 3.63) is 0 Å². The molecule has 2 N–H and O–H groups in total. The maximum atomic E-state index is 4.28. The molecule has 2 fully saturated rings. The lowest BCUT2D eigenvalue weighted by atomic mass is 10.0. The van der Waals surface area contributed by atoms with Gasteiger partial charge < -0.3 is 15.5 Å². The summed E-state index contributed by atoms with van der Waals surface area (Å²) < 4.78 is 0. The third-order valence-electron chi connectivity index (χ3n) is 4.51. The molecule has 0 aromatic carbocycles. The van der Waals surface area contributed by atoms with E-state index in [2.05, 4.69) is 34.4 Å². The van der Waals surface area contributed by atoms with E-state index < -0.39 is 0 Å². The zero-order valence-electron chi connectivity index (χ0n) is 13.2. The second kappa shape index (κ2) is 9.07. The molecule has 0 spiro atoms. The van der Waals surface area contributed by atoms with Crippen LogP contribution in [0.4, 0.5) is 0 Å². The standard InChI is InChI=1S/C15H30N4.HI/c1-12-11-14(12)18-15(16-3)17-8-6-10-19-9-5-4-7-13(19)2;/h12-14H,4-11H2,1-3H3,(H2,16,17,18);1H. The number of guanidine groups is 1. The van der Waals surface area contributed by atoms with Crippen LogP contribution in [-0.2, 0) is 0 Å². The van der Waals surface area contributed by atoms with Crippen molar-refractivity contribution in [2.24, 2.45) is 10.9 Å². The summed E-state index contributed by atoms with van der Waals surface area (Å²) in [6.45, 7) is 8.16. The van der Waals surface area contributed by atoms with Crippen LogP contribution in [0, 0.1) is 5.92 Å². The first-order chi connectivity index (χ1) is 9.20. The van der Waals surface area contributed by atoms with Crippen LogP contribution in [0.3, 0.4) is 0 Å². The highest BCUT2D eigenvalue weighted by Crippen LogP contribution is 2.28. The summed E-state index contributed by atoms with van der Waals surface area (Å²) in [6.07, 6.45) is 6.64. The summed E-state index contributed by atoms with van der Waals surface area (Å²) in [6, 6.07) is 1.42. The average Bonchev–Trinajstić information content (AvgIpc) is 3.10. The van der Waals surface area contributed by atoms with Crippen LogP contribution >= 0.6 is 24.0 Å². The average molecular weight is 394 g/mol. The lowest BCUT2D eigenvalue weighted by Crippen LogP contribution is -2.42. The number of aliphatic imine (C=N–C) groups is 1. The molecule has 5 heteroatoms. The van der Waals surface area contributed by atoms with Gasteiger partial charge in [-0.1, -0.05) is 13.3 Å². The van der Waals surface area contributed by atoms with Crippen LogP contribution in [0.1, 0.15) is 46.0 Å². The van der Waals surface area contributed by atoms with Crippen molar-refractivity contribution in [2.75, 3.05) is 26.7 Å². The lowest BCUT2D eigenvalue weighted by molar-refractivity contribution is 0.159. The van der Waals surface area contributed by atoms with Gasteiger partial charge in [0.15, 0.2) is 5.96 Å². The molecule has 0 amide bonds. The first-order valence-corrected chi connectivity index (χ1v) is 7.92. The SMILES string of the molecule is CN=C(NCCCN1CCCCC1C)NC1CC1C.I. The molecule has 3 unspecified atom stereocenters. The molecule has 1 heterocycles. The van der Waals surface area contributed by atoms with Crippen molar-refractivity contribution in [3.8, 4) is 0 Å². The van der Waals surface area contributed by atoms with E-state index in [1.807, 2.05) is 7.05 Å². The number of piperidine rings is 1. The molecule has 0 aromatic heterocycles. The van der Waals surface area contributed by atoms with Gasteiger partial charge >= 0.3 is 0 Å². The molecule has 0 bridgehead atoms. The highest BCUT2D eigenvalue weighted by atomic mass is 127.